The average molecular weight is 278 g/mol. The van der Waals surface area contributed by atoms with E-state index >= 15 is 0 Å². The molecule has 0 aromatic heterocycles. The molecule has 1 amide bonds. The van der Waals surface area contributed by atoms with Gasteiger partial charge >= 0.3 is 0 Å². The largest absolute Gasteiger partial charge is 0.395 e. The number of aliphatic hydroxyl groups excluding tert-OH is 1. The zero-order valence-corrected chi connectivity index (χ0v) is 11.3. The molecule has 0 aliphatic heterocycles. The number of hydrogen-bond donors (Lipinski definition) is 2. The first-order valence-electron chi connectivity index (χ1n) is 6.41. The average Bonchev–Trinajstić information content (AvgIpc) is 2.30. The minimum absolute atomic E-state index is 0.0251. The molecule has 1 aliphatic rings. The van der Waals surface area contributed by atoms with Crippen LogP contribution in [0.3, 0.4) is 0 Å². The highest BCUT2D eigenvalue weighted by Crippen LogP contribution is 2.28. The molecule has 0 bridgehead atoms. The van der Waals surface area contributed by atoms with E-state index < -0.39 is 0 Å². The van der Waals surface area contributed by atoms with Crippen LogP contribution in [0.2, 0.25) is 5.02 Å². The number of nitrogens with one attached hydrogen (secondary N) is 1. The summed E-state index contributed by atoms with van der Waals surface area (Å²) in [7, 11) is 0. The van der Waals surface area contributed by atoms with E-state index in [-0.39, 0.29) is 18.4 Å². The fourth-order valence-electron chi connectivity index (χ4n) is 1.85. The Balaban J connectivity index is 2.14. The molecule has 1 saturated carbocycles. The number of anilines is 1. The van der Waals surface area contributed by atoms with Gasteiger partial charge in [-0.25, -0.2) is 0 Å². The molecule has 0 spiro atoms. The topological polar surface area (TPSA) is 49.3 Å². The van der Waals surface area contributed by atoms with Crippen molar-refractivity contribution in [3.63, 3.8) is 0 Å². The molecule has 1 aromatic carbocycles. The zero-order valence-electron chi connectivity index (χ0n) is 10.6. The van der Waals surface area contributed by atoms with Gasteiger partial charge in [-0.15, -0.1) is 0 Å². The first-order valence-corrected chi connectivity index (χ1v) is 6.78. The van der Waals surface area contributed by atoms with Gasteiger partial charge in [0, 0.05) is 22.9 Å². The smallest absolute Gasteiger partial charge is 0.227 e. The quantitative estimate of drug-likeness (QED) is 0.835. The van der Waals surface area contributed by atoms with Crippen molar-refractivity contribution in [2.75, 3.05) is 11.9 Å². The first kappa shape index (κ1) is 13.9. The standard InChI is InChI=1S/C15H16ClNO2/c16-13-7-8-14(12(10-13)4-1-2-9-18)17-15(19)11-5-3-6-11/h7-8,10-11,18H,2-3,5-6,9H2,(H,17,19). The van der Waals surface area contributed by atoms with Crippen molar-refractivity contribution in [3.8, 4) is 11.8 Å². The summed E-state index contributed by atoms with van der Waals surface area (Å²) in [6, 6.07) is 5.22. The lowest BCUT2D eigenvalue weighted by Gasteiger charge is -2.24. The van der Waals surface area contributed by atoms with Crippen LogP contribution in [-0.4, -0.2) is 17.6 Å². The van der Waals surface area contributed by atoms with Gasteiger partial charge in [0.05, 0.1) is 12.3 Å². The highest BCUT2D eigenvalue weighted by molar-refractivity contribution is 6.30. The Bertz CT molecular complexity index is 527. The van der Waals surface area contributed by atoms with Gasteiger partial charge in [0.15, 0.2) is 0 Å². The Morgan fingerprint density at radius 3 is 2.89 bits per heavy atom. The summed E-state index contributed by atoms with van der Waals surface area (Å²) in [5.41, 5.74) is 1.38. The predicted molar refractivity (Wildman–Crippen MR) is 76.0 cm³/mol. The number of benzene rings is 1. The van der Waals surface area contributed by atoms with Crippen LogP contribution in [0, 0.1) is 17.8 Å². The molecule has 0 atom stereocenters. The van der Waals surface area contributed by atoms with E-state index in [1.54, 1.807) is 18.2 Å². The van der Waals surface area contributed by atoms with Crippen molar-refractivity contribution < 1.29 is 9.90 Å². The van der Waals surface area contributed by atoms with Crippen molar-refractivity contribution in [1.82, 2.24) is 0 Å². The fourth-order valence-corrected chi connectivity index (χ4v) is 2.02. The van der Waals surface area contributed by atoms with E-state index in [4.69, 9.17) is 16.7 Å². The number of rotatable bonds is 3. The molecule has 2 rings (SSSR count). The van der Waals surface area contributed by atoms with E-state index in [9.17, 15) is 4.79 Å². The number of aliphatic hydroxyl groups is 1. The van der Waals surface area contributed by atoms with E-state index in [1.807, 2.05) is 0 Å². The molecular weight excluding hydrogens is 262 g/mol. The van der Waals surface area contributed by atoms with Gasteiger partial charge in [0.25, 0.3) is 0 Å². The van der Waals surface area contributed by atoms with Crippen molar-refractivity contribution in [1.29, 1.82) is 0 Å². The summed E-state index contributed by atoms with van der Waals surface area (Å²) in [6.45, 7) is 0.0251. The van der Waals surface area contributed by atoms with E-state index in [0.29, 0.717) is 22.7 Å². The lowest BCUT2D eigenvalue weighted by molar-refractivity contribution is -0.122. The summed E-state index contributed by atoms with van der Waals surface area (Å²) in [6.07, 6.45) is 3.46. The molecule has 2 N–H and O–H groups in total. The Hall–Kier alpha value is -1.50. The highest BCUT2D eigenvalue weighted by Gasteiger charge is 2.25. The molecule has 0 heterocycles. The van der Waals surface area contributed by atoms with Crippen LogP contribution >= 0.6 is 11.6 Å². The molecule has 19 heavy (non-hydrogen) atoms. The summed E-state index contributed by atoms with van der Waals surface area (Å²) in [4.78, 5) is 11.9. The van der Waals surface area contributed by atoms with Gasteiger partial charge in [-0.2, -0.15) is 0 Å². The molecule has 1 aromatic rings. The Kier molecular flexibility index (Phi) is 4.84. The molecular formula is C15H16ClNO2. The summed E-state index contributed by atoms with van der Waals surface area (Å²) >= 11 is 5.94. The van der Waals surface area contributed by atoms with Gasteiger partial charge in [-0.3, -0.25) is 4.79 Å². The molecule has 1 aliphatic carbocycles. The Morgan fingerprint density at radius 2 is 2.26 bits per heavy atom. The van der Waals surface area contributed by atoms with Crippen LogP contribution in [0.1, 0.15) is 31.2 Å². The first-order chi connectivity index (χ1) is 9.20. The molecule has 100 valence electrons. The number of carbonyl (C=O) groups is 1. The van der Waals surface area contributed by atoms with E-state index in [1.165, 1.54) is 0 Å². The van der Waals surface area contributed by atoms with Gasteiger partial charge in [-0.05, 0) is 31.0 Å². The summed E-state index contributed by atoms with van der Waals surface area (Å²) in [5.74, 6) is 5.95. The van der Waals surface area contributed by atoms with E-state index in [0.717, 1.165) is 19.3 Å². The third-order valence-corrected chi connectivity index (χ3v) is 3.41. The van der Waals surface area contributed by atoms with Gasteiger partial charge in [0.1, 0.15) is 0 Å². The molecule has 3 nitrogen and oxygen atoms in total. The molecule has 1 fully saturated rings. The second-order valence-corrected chi connectivity index (χ2v) is 5.02. The zero-order chi connectivity index (χ0) is 13.7. The van der Waals surface area contributed by atoms with Crippen LogP contribution in [0.5, 0.6) is 0 Å². The number of amides is 1. The SMILES string of the molecule is O=C(Nc1ccc(Cl)cc1C#CCCO)C1CCC1. The third-order valence-electron chi connectivity index (χ3n) is 3.18. The molecule has 4 heteroatoms. The van der Waals surface area contributed by atoms with Gasteiger partial charge < -0.3 is 10.4 Å². The van der Waals surface area contributed by atoms with Crippen molar-refractivity contribution in [3.05, 3.63) is 28.8 Å². The van der Waals surface area contributed by atoms with Crippen molar-refractivity contribution >= 4 is 23.2 Å². The highest BCUT2D eigenvalue weighted by atomic mass is 35.5. The molecule has 0 unspecified atom stereocenters. The van der Waals surface area contributed by atoms with Gasteiger partial charge in [-0.1, -0.05) is 29.9 Å². The Morgan fingerprint density at radius 1 is 1.47 bits per heavy atom. The third kappa shape index (κ3) is 3.73. The number of halogens is 1. The fraction of sp³-hybridized carbons (Fsp3) is 0.400. The van der Waals surface area contributed by atoms with Gasteiger partial charge in [0.2, 0.25) is 5.91 Å². The second-order valence-electron chi connectivity index (χ2n) is 4.58. The molecule has 0 radical (unpaired) electrons. The van der Waals surface area contributed by atoms with Crippen LogP contribution in [0.15, 0.2) is 18.2 Å². The minimum atomic E-state index is 0.0251. The lowest BCUT2D eigenvalue weighted by atomic mass is 9.85. The van der Waals surface area contributed by atoms with Crippen molar-refractivity contribution in [2.24, 2.45) is 5.92 Å². The maximum absolute atomic E-state index is 11.9. The second kappa shape index (κ2) is 6.60. The van der Waals surface area contributed by atoms with Crippen molar-refractivity contribution in [2.45, 2.75) is 25.7 Å². The maximum Gasteiger partial charge on any atom is 0.227 e. The predicted octanol–water partition coefficient (Wildman–Crippen LogP) is 2.81. The van der Waals surface area contributed by atoms with Crippen LogP contribution in [0.4, 0.5) is 5.69 Å². The Labute approximate surface area is 118 Å². The van der Waals surface area contributed by atoms with Crippen LogP contribution in [-0.2, 0) is 4.79 Å². The number of carbonyl (C=O) groups excluding carboxylic acids is 1. The maximum atomic E-state index is 11.9. The summed E-state index contributed by atoms with van der Waals surface area (Å²) in [5, 5.41) is 12.2. The monoisotopic (exact) mass is 277 g/mol. The summed E-state index contributed by atoms with van der Waals surface area (Å²) < 4.78 is 0. The van der Waals surface area contributed by atoms with Crippen LogP contribution in [0.25, 0.3) is 0 Å². The number of hydrogen-bond acceptors (Lipinski definition) is 2. The molecule has 0 saturated heterocycles. The van der Waals surface area contributed by atoms with E-state index in [2.05, 4.69) is 17.2 Å². The lowest BCUT2D eigenvalue weighted by Crippen LogP contribution is -2.28. The minimum Gasteiger partial charge on any atom is -0.395 e. The normalized spacial score (nSPS) is 14.2. The van der Waals surface area contributed by atoms with Crippen LogP contribution < -0.4 is 5.32 Å².